The molecule has 0 bridgehead atoms. The highest BCUT2D eigenvalue weighted by Gasteiger charge is 2.38. The van der Waals surface area contributed by atoms with E-state index in [1.54, 1.807) is 0 Å². The van der Waals surface area contributed by atoms with Gasteiger partial charge in [0.05, 0.1) is 42.9 Å². The first kappa shape index (κ1) is 23.3. The summed E-state index contributed by atoms with van der Waals surface area (Å²) in [6, 6.07) is 0.422. The zero-order valence-electron chi connectivity index (χ0n) is 19.5. The number of fused-ring (bicyclic) bond motifs is 2. The molecular formula is C23H31F3N6O2. The molecule has 2 aromatic heterocycles. The number of rotatable bonds is 6. The fourth-order valence-corrected chi connectivity index (χ4v) is 5.56. The Morgan fingerprint density at radius 1 is 1.15 bits per heavy atom. The van der Waals surface area contributed by atoms with Crippen LogP contribution in [-0.2, 0) is 42.0 Å². The van der Waals surface area contributed by atoms with Crippen molar-refractivity contribution in [2.45, 2.75) is 77.3 Å². The van der Waals surface area contributed by atoms with Crippen molar-refractivity contribution in [1.82, 2.24) is 30.2 Å². The maximum Gasteiger partial charge on any atom is 0.397 e. The van der Waals surface area contributed by atoms with E-state index in [0.29, 0.717) is 12.0 Å². The third-order valence-corrected chi connectivity index (χ3v) is 7.40. The quantitative estimate of drug-likeness (QED) is 0.663. The molecule has 34 heavy (non-hydrogen) atoms. The van der Waals surface area contributed by atoms with Gasteiger partial charge in [0.1, 0.15) is 6.42 Å². The van der Waals surface area contributed by atoms with E-state index in [-0.39, 0.29) is 19.0 Å². The van der Waals surface area contributed by atoms with E-state index < -0.39 is 18.5 Å². The largest absolute Gasteiger partial charge is 0.397 e. The number of aromatic nitrogens is 4. The van der Waals surface area contributed by atoms with Gasteiger partial charge in [-0.1, -0.05) is 13.8 Å². The molecule has 0 aromatic carbocycles. The molecule has 1 amide bonds. The average molecular weight is 481 g/mol. The summed E-state index contributed by atoms with van der Waals surface area (Å²) < 4.78 is 43.5. The van der Waals surface area contributed by atoms with Gasteiger partial charge < -0.3 is 9.64 Å². The first-order valence-corrected chi connectivity index (χ1v) is 12.0. The minimum absolute atomic E-state index is 0.109. The molecule has 2 atom stereocenters. The van der Waals surface area contributed by atoms with Crippen molar-refractivity contribution in [2.75, 3.05) is 19.8 Å². The fraction of sp³-hybridized carbons (Fsp3) is 0.696. The summed E-state index contributed by atoms with van der Waals surface area (Å²) in [6.07, 6.45) is -3.24. The number of alkyl halides is 3. The smallest absolute Gasteiger partial charge is 0.378 e. The first-order valence-electron chi connectivity index (χ1n) is 12.0. The monoisotopic (exact) mass is 480 g/mol. The van der Waals surface area contributed by atoms with E-state index in [9.17, 15) is 18.0 Å². The Bertz CT molecular complexity index is 1040. The van der Waals surface area contributed by atoms with Gasteiger partial charge in [0.25, 0.3) is 0 Å². The second-order valence-electron chi connectivity index (χ2n) is 9.92. The Balaban J connectivity index is 1.29. The Labute approximate surface area is 196 Å². The van der Waals surface area contributed by atoms with E-state index in [1.807, 2.05) is 0 Å². The Morgan fingerprint density at radius 3 is 2.59 bits per heavy atom. The highest BCUT2D eigenvalue weighted by Crippen LogP contribution is 2.35. The van der Waals surface area contributed by atoms with Crippen LogP contribution in [0.3, 0.4) is 0 Å². The molecule has 1 saturated heterocycles. The van der Waals surface area contributed by atoms with Crippen LogP contribution in [0, 0.1) is 5.92 Å². The number of nitrogens with one attached hydrogen (secondary N) is 2. The SMILES string of the molecule is CCc1n[nH]c2c1CN(C1COC1)CC(CC(C)c1n[nH]c3c1CN(C(=O)CC(F)(F)F)C3)C2. The number of hydrogen-bond donors (Lipinski definition) is 2. The standard InChI is InChI=1S/C23H31F3N6O2/c1-3-18-16-8-31(15-11-34-12-15)7-14(5-19(16)28-27-18)4-13(2)22-17-9-32(10-20(17)29-30-22)21(33)6-23(24,25)26/h13-15H,3-12H2,1-2H3,(H,27,28)(H,29,30). The van der Waals surface area contributed by atoms with Crippen molar-refractivity contribution in [3.63, 3.8) is 0 Å². The predicted octanol–water partition coefficient (Wildman–Crippen LogP) is 3.06. The van der Waals surface area contributed by atoms with Crippen LogP contribution in [0.15, 0.2) is 0 Å². The molecule has 11 heteroatoms. The van der Waals surface area contributed by atoms with Crippen molar-refractivity contribution in [1.29, 1.82) is 0 Å². The van der Waals surface area contributed by atoms with Gasteiger partial charge in [-0.2, -0.15) is 23.4 Å². The van der Waals surface area contributed by atoms with Crippen LogP contribution in [-0.4, -0.2) is 68.1 Å². The van der Waals surface area contributed by atoms with E-state index in [1.165, 1.54) is 16.2 Å². The molecule has 0 spiro atoms. The summed E-state index contributed by atoms with van der Waals surface area (Å²) in [5, 5.41) is 15.3. The maximum absolute atomic E-state index is 12.7. The first-order chi connectivity index (χ1) is 16.2. The van der Waals surface area contributed by atoms with Crippen molar-refractivity contribution in [3.05, 3.63) is 33.9 Å². The van der Waals surface area contributed by atoms with Gasteiger partial charge >= 0.3 is 6.18 Å². The molecule has 2 aromatic rings. The normalized spacial score (nSPS) is 22.3. The molecular weight excluding hydrogens is 449 g/mol. The summed E-state index contributed by atoms with van der Waals surface area (Å²) in [4.78, 5) is 15.9. The van der Waals surface area contributed by atoms with E-state index in [2.05, 4.69) is 39.1 Å². The van der Waals surface area contributed by atoms with Gasteiger partial charge in [-0.25, -0.2) is 0 Å². The Hall–Kier alpha value is -2.40. The summed E-state index contributed by atoms with van der Waals surface area (Å²) >= 11 is 0. The van der Waals surface area contributed by atoms with Gasteiger partial charge in [-0.05, 0) is 25.2 Å². The minimum atomic E-state index is -4.50. The summed E-state index contributed by atoms with van der Waals surface area (Å²) in [5.41, 5.74) is 6.12. The number of nitrogens with zero attached hydrogens (tertiary/aromatic N) is 4. The zero-order valence-corrected chi connectivity index (χ0v) is 19.5. The summed E-state index contributed by atoms with van der Waals surface area (Å²) in [7, 11) is 0. The Kier molecular flexibility index (Phi) is 6.18. The van der Waals surface area contributed by atoms with Crippen LogP contribution in [0.25, 0.3) is 0 Å². The molecule has 2 N–H and O–H groups in total. The molecule has 5 heterocycles. The van der Waals surface area contributed by atoms with Crippen molar-refractivity contribution < 1.29 is 22.7 Å². The fourth-order valence-electron chi connectivity index (χ4n) is 5.56. The number of carbonyl (C=O) groups is 1. The van der Waals surface area contributed by atoms with E-state index >= 15 is 0 Å². The number of amides is 1. The van der Waals surface area contributed by atoms with Crippen LogP contribution in [0.4, 0.5) is 13.2 Å². The molecule has 2 unspecified atom stereocenters. The number of carbonyl (C=O) groups excluding carboxylic acids is 1. The number of halogens is 3. The number of aromatic amines is 2. The topological polar surface area (TPSA) is 90.1 Å². The minimum Gasteiger partial charge on any atom is -0.378 e. The summed E-state index contributed by atoms with van der Waals surface area (Å²) in [5.74, 6) is -0.410. The molecule has 5 rings (SSSR count). The molecule has 186 valence electrons. The number of ether oxygens (including phenoxy) is 1. The molecule has 1 fully saturated rings. The van der Waals surface area contributed by atoms with Crippen molar-refractivity contribution in [3.8, 4) is 0 Å². The molecule has 3 aliphatic heterocycles. The molecule has 0 aliphatic carbocycles. The van der Waals surface area contributed by atoms with Crippen LogP contribution in [0.5, 0.6) is 0 Å². The highest BCUT2D eigenvalue weighted by atomic mass is 19.4. The Morgan fingerprint density at radius 2 is 1.91 bits per heavy atom. The lowest BCUT2D eigenvalue weighted by Crippen LogP contribution is -2.49. The van der Waals surface area contributed by atoms with E-state index in [0.717, 1.165) is 68.2 Å². The lowest BCUT2D eigenvalue weighted by molar-refractivity contribution is -0.161. The predicted molar refractivity (Wildman–Crippen MR) is 117 cm³/mol. The van der Waals surface area contributed by atoms with Gasteiger partial charge in [-0.3, -0.25) is 19.9 Å². The second kappa shape index (κ2) is 8.99. The summed E-state index contributed by atoms with van der Waals surface area (Å²) in [6.45, 7) is 7.91. The van der Waals surface area contributed by atoms with Gasteiger partial charge in [0.2, 0.25) is 5.91 Å². The number of H-pyrrole nitrogens is 2. The van der Waals surface area contributed by atoms with Crippen molar-refractivity contribution >= 4 is 5.91 Å². The molecule has 0 radical (unpaired) electrons. The van der Waals surface area contributed by atoms with Crippen LogP contribution in [0.1, 0.15) is 66.5 Å². The van der Waals surface area contributed by atoms with E-state index in [4.69, 9.17) is 4.74 Å². The third-order valence-electron chi connectivity index (χ3n) is 7.40. The van der Waals surface area contributed by atoms with Gasteiger partial charge in [0.15, 0.2) is 0 Å². The van der Waals surface area contributed by atoms with Gasteiger partial charge in [0, 0.05) is 42.4 Å². The lowest BCUT2D eigenvalue weighted by Gasteiger charge is -2.38. The van der Waals surface area contributed by atoms with Crippen molar-refractivity contribution in [2.24, 2.45) is 5.92 Å². The number of aryl methyl sites for hydroxylation is 1. The molecule has 8 nitrogen and oxygen atoms in total. The maximum atomic E-state index is 12.7. The molecule has 0 saturated carbocycles. The lowest BCUT2D eigenvalue weighted by atomic mass is 9.88. The zero-order chi connectivity index (χ0) is 24.0. The number of hydrogen-bond acceptors (Lipinski definition) is 5. The third kappa shape index (κ3) is 4.59. The highest BCUT2D eigenvalue weighted by molar-refractivity contribution is 5.77. The van der Waals surface area contributed by atoms with Crippen LogP contribution < -0.4 is 0 Å². The van der Waals surface area contributed by atoms with Crippen LogP contribution in [0.2, 0.25) is 0 Å². The average Bonchev–Trinajstić information content (AvgIpc) is 3.37. The second-order valence-corrected chi connectivity index (χ2v) is 9.92. The van der Waals surface area contributed by atoms with Crippen LogP contribution >= 0.6 is 0 Å². The molecule has 3 aliphatic rings. The van der Waals surface area contributed by atoms with Gasteiger partial charge in [-0.15, -0.1) is 0 Å².